The number of likely N-dealkylation sites (tertiary alicyclic amines) is 1. The van der Waals surface area contributed by atoms with E-state index in [1.807, 2.05) is 30.9 Å². The Bertz CT molecular complexity index is 1480. The number of rotatable bonds is 5. The summed E-state index contributed by atoms with van der Waals surface area (Å²) in [5.74, 6) is 1.85. The Morgan fingerprint density at radius 3 is 2.94 bits per heavy atom. The summed E-state index contributed by atoms with van der Waals surface area (Å²) in [4.78, 5) is 26.6. The molecule has 36 heavy (non-hydrogen) atoms. The van der Waals surface area contributed by atoms with Crippen LogP contribution in [0, 0.1) is 11.3 Å². The number of aromatic nitrogens is 4. The molecule has 0 bridgehead atoms. The molecule has 2 aliphatic heterocycles. The second-order valence-corrected chi connectivity index (χ2v) is 11.7. The lowest BCUT2D eigenvalue weighted by atomic mass is 9.76. The zero-order chi connectivity index (χ0) is 24.4. The van der Waals surface area contributed by atoms with Crippen LogP contribution in [0.25, 0.3) is 21.1 Å². The van der Waals surface area contributed by atoms with Crippen LogP contribution in [-0.2, 0) is 22.4 Å². The zero-order valence-electron chi connectivity index (χ0n) is 20.3. The number of hydrogen-bond donors (Lipinski definition) is 2. The number of fused-ring (bicyclic) bond motifs is 4. The standard InChI is InChI=1S/C26H28N6O3S/c1-14(2)35-20-7-18-16(8-29-31-18)5-19(20)30-23-22-17-4-3-15(6-21(17)36-24(22)28-13-27-23)25(33)32-9-26(10-32)11-34-12-26/h5,7-8,13-15H,3-4,6,9-12H2,1-2H3,(H,29,31)(H,27,28,30)/t15-/m1/s1. The van der Waals surface area contributed by atoms with E-state index in [1.165, 1.54) is 10.4 Å². The number of amides is 1. The fraction of sp³-hybridized carbons (Fsp3) is 0.462. The van der Waals surface area contributed by atoms with Crippen molar-refractivity contribution in [2.24, 2.45) is 11.3 Å². The minimum Gasteiger partial charge on any atom is -0.489 e. The van der Waals surface area contributed by atoms with Crippen LogP contribution in [0.5, 0.6) is 5.75 Å². The molecule has 9 nitrogen and oxygen atoms in total. The summed E-state index contributed by atoms with van der Waals surface area (Å²) in [6.45, 7) is 7.32. The number of carbonyl (C=O) groups is 1. The fourth-order valence-electron chi connectivity index (χ4n) is 5.71. The highest BCUT2D eigenvalue weighted by molar-refractivity contribution is 7.19. The van der Waals surface area contributed by atoms with Gasteiger partial charge >= 0.3 is 0 Å². The number of carbonyl (C=O) groups excluding carboxylic acids is 1. The lowest BCUT2D eigenvalue weighted by Crippen LogP contribution is -2.68. The monoisotopic (exact) mass is 504 g/mol. The second-order valence-electron chi connectivity index (χ2n) is 10.6. The van der Waals surface area contributed by atoms with Gasteiger partial charge in [0, 0.05) is 35.3 Å². The van der Waals surface area contributed by atoms with Crippen LogP contribution >= 0.6 is 11.3 Å². The largest absolute Gasteiger partial charge is 0.489 e. The van der Waals surface area contributed by atoms with E-state index in [1.54, 1.807) is 23.9 Å². The van der Waals surface area contributed by atoms with Gasteiger partial charge in [0.05, 0.1) is 47.5 Å². The third-order valence-electron chi connectivity index (χ3n) is 7.53. The maximum Gasteiger partial charge on any atom is 0.226 e. The predicted molar refractivity (Wildman–Crippen MR) is 138 cm³/mol. The smallest absolute Gasteiger partial charge is 0.226 e. The minimum absolute atomic E-state index is 0.0258. The molecule has 1 spiro atoms. The van der Waals surface area contributed by atoms with Crippen LogP contribution in [0.4, 0.5) is 11.5 Å². The lowest BCUT2D eigenvalue weighted by Gasteiger charge is -2.55. The van der Waals surface area contributed by atoms with Gasteiger partial charge in [-0.1, -0.05) is 0 Å². The average Bonchev–Trinajstić information content (AvgIpc) is 3.40. The number of H-pyrrole nitrogens is 1. The number of aromatic amines is 1. The van der Waals surface area contributed by atoms with Crippen LogP contribution in [0.3, 0.4) is 0 Å². The molecule has 3 aromatic heterocycles. The lowest BCUT2D eigenvalue weighted by molar-refractivity contribution is -0.197. The van der Waals surface area contributed by atoms with Crippen molar-refractivity contribution >= 4 is 49.9 Å². The maximum absolute atomic E-state index is 13.2. The van der Waals surface area contributed by atoms with E-state index in [0.29, 0.717) is 5.91 Å². The first-order valence-electron chi connectivity index (χ1n) is 12.5. The van der Waals surface area contributed by atoms with E-state index < -0.39 is 0 Å². The van der Waals surface area contributed by atoms with Gasteiger partial charge in [0.25, 0.3) is 0 Å². The van der Waals surface area contributed by atoms with Gasteiger partial charge in [-0.15, -0.1) is 11.3 Å². The Morgan fingerprint density at radius 1 is 1.31 bits per heavy atom. The first-order chi connectivity index (χ1) is 17.5. The molecule has 186 valence electrons. The Morgan fingerprint density at radius 2 is 2.17 bits per heavy atom. The molecule has 1 aromatic carbocycles. The van der Waals surface area contributed by atoms with Gasteiger partial charge in [0.2, 0.25) is 5.91 Å². The molecule has 2 saturated heterocycles. The molecule has 1 atom stereocenters. The quantitative estimate of drug-likeness (QED) is 0.422. The van der Waals surface area contributed by atoms with Crippen LogP contribution in [0.1, 0.15) is 30.7 Å². The second kappa shape index (κ2) is 8.14. The number of nitrogens with one attached hydrogen (secondary N) is 2. The highest BCUT2D eigenvalue weighted by Crippen LogP contribution is 2.44. The van der Waals surface area contributed by atoms with Gasteiger partial charge in [-0.3, -0.25) is 9.89 Å². The molecule has 0 radical (unpaired) electrons. The summed E-state index contributed by atoms with van der Waals surface area (Å²) >= 11 is 1.69. The van der Waals surface area contributed by atoms with Crippen molar-refractivity contribution in [3.05, 3.63) is 35.1 Å². The summed E-state index contributed by atoms with van der Waals surface area (Å²) in [5.41, 5.74) is 3.28. The first-order valence-corrected chi connectivity index (χ1v) is 13.3. The van der Waals surface area contributed by atoms with Crippen molar-refractivity contribution in [2.45, 2.75) is 39.2 Å². The highest BCUT2D eigenvalue weighted by Gasteiger charge is 2.51. The van der Waals surface area contributed by atoms with Crippen LogP contribution in [0.2, 0.25) is 0 Å². The van der Waals surface area contributed by atoms with Gasteiger partial charge in [-0.25, -0.2) is 9.97 Å². The highest BCUT2D eigenvalue weighted by atomic mass is 32.1. The minimum atomic E-state index is 0.0258. The first kappa shape index (κ1) is 22.0. The SMILES string of the molecule is CC(C)Oc1cc2[nH]ncc2cc1Nc1ncnc2sc3c(c12)CC[C@@H](C(=O)N1CC2(COC2)C1)C3. The maximum atomic E-state index is 13.2. The fourth-order valence-corrected chi connectivity index (χ4v) is 6.98. The topological polar surface area (TPSA) is 105 Å². The summed E-state index contributed by atoms with van der Waals surface area (Å²) in [6.07, 6.45) is 5.92. The zero-order valence-corrected chi connectivity index (χ0v) is 21.2. The number of anilines is 2. The molecule has 5 heterocycles. The summed E-state index contributed by atoms with van der Waals surface area (Å²) in [6, 6.07) is 4.00. The molecule has 3 aliphatic rings. The molecular weight excluding hydrogens is 476 g/mol. The molecule has 0 saturated carbocycles. The van der Waals surface area contributed by atoms with Gasteiger partial charge in [0.1, 0.15) is 22.7 Å². The van der Waals surface area contributed by atoms with Crippen LogP contribution < -0.4 is 10.1 Å². The average molecular weight is 505 g/mol. The van der Waals surface area contributed by atoms with E-state index in [-0.39, 0.29) is 17.4 Å². The van der Waals surface area contributed by atoms with E-state index in [0.717, 1.165) is 83.9 Å². The Labute approximate surface area is 212 Å². The summed E-state index contributed by atoms with van der Waals surface area (Å²) < 4.78 is 11.5. The van der Waals surface area contributed by atoms with Crippen molar-refractivity contribution < 1.29 is 14.3 Å². The molecule has 7 rings (SSSR count). The van der Waals surface area contributed by atoms with E-state index >= 15 is 0 Å². The number of thiophene rings is 1. The molecule has 2 fully saturated rings. The van der Waals surface area contributed by atoms with Gasteiger partial charge in [0.15, 0.2) is 0 Å². The molecular formula is C26H28N6O3S. The Balaban J connectivity index is 1.18. The number of aryl methyl sites for hydroxylation is 1. The van der Waals surface area contributed by atoms with Crippen molar-refractivity contribution in [2.75, 3.05) is 31.6 Å². The van der Waals surface area contributed by atoms with Crippen LogP contribution in [0.15, 0.2) is 24.7 Å². The number of nitrogens with zero attached hydrogens (tertiary/aromatic N) is 4. The van der Waals surface area contributed by atoms with Crippen molar-refractivity contribution in [3.8, 4) is 5.75 Å². The summed E-state index contributed by atoms with van der Waals surface area (Å²) in [5, 5.41) is 12.8. The third-order valence-corrected chi connectivity index (χ3v) is 8.69. The normalized spacial score (nSPS) is 20.4. The van der Waals surface area contributed by atoms with E-state index in [2.05, 4.69) is 25.5 Å². The molecule has 10 heteroatoms. The number of ether oxygens (including phenoxy) is 2. The number of benzene rings is 1. The molecule has 1 amide bonds. The molecule has 0 unspecified atom stereocenters. The van der Waals surface area contributed by atoms with Gasteiger partial charge < -0.3 is 19.7 Å². The van der Waals surface area contributed by atoms with Gasteiger partial charge in [-0.2, -0.15) is 5.10 Å². The van der Waals surface area contributed by atoms with Gasteiger partial charge in [-0.05, 0) is 44.7 Å². The van der Waals surface area contributed by atoms with Crippen molar-refractivity contribution in [1.29, 1.82) is 0 Å². The van der Waals surface area contributed by atoms with Crippen molar-refractivity contribution in [3.63, 3.8) is 0 Å². The molecule has 2 N–H and O–H groups in total. The van der Waals surface area contributed by atoms with Crippen molar-refractivity contribution in [1.82, 2.24) is 25.1 Å². The Kier molecular flexibility index (Phi) is 4.97. The predicted octanol–water partition coefficient (Wildman–Crippen LogP) is 4.06. The number of hydrogen-bond acceptors (Lipinski definition) is 8. The van der Waals surface area contributed by atoms with E-state index in [4.69, 9.17) is 9.47 Å². The summed E-state index contributed by atoms with van der Waals surface area (Å²) in [7, 11) is 0. The molecule has 4 aromatic rings. The third kappa shape index (κ3) is 3.54. The van der Waals surface area contributed by atoms with E-state index in [9.17, 15) is 4.79 Å². The Hall–Kier alpha value is -3.24. The molecule has 1 aliphatic carbocycles. The van der Waals surface area contributed by atoms with Crippen LogP contribution in [-0.4, -0.2) is 63.4 Å².